The summed E-state index contributed by atoms with van der Waals surface area (Å²) >= 11 is 2.24. The van der Waals surface area contributed by atoms with E-state index in [0.717, 1.165) is 26.9 Å². The van der Waals surface area contributed by atoms with Gasteiger partial charge in [0.05, 0.1) is 12.5 Å². The van der Waals surface area contributed by atoms with E-state index in [2.05, 4.69) is 22.6 Å². The van der Waals surface area contributed by atoms with Gasteiger partial charge in [0.15, 0.2) is 5.78 Å². The van der Waals surface area contributed by atoms with Crippen LogP contribution >= 0.6 is 22.6 Å². The molecule has 0 spiro atoms. The van der Waals surface area contributed by atoms with Crippen LogP contribution in [0.3, 0.4) is 0 Å². The summed E-state index contributed by atoms with van der Waals surface area (Å²) in [6.45, 7) is 0.609. The highest BCUT2D eigenvalue weighted by molar-refractivity contribution is 14.1. The lowest BCUT2D eigenvalue weighted by atomic mass is 9.86. The molecule has 0 saturated heterocycles. The average molecular weight is 364 g/mol. The van der Waals surface area contributed by atoms with Crippen LogP contribution in [0.15, 0.2) is 48.5 Å². The van der Waals surface area contributed by atoms with Crippen molar-refractivity contribution in [1.82, 2.24) is 0 Å². The molecule has 3 rings (SSSR count). The molecule has 2 aromatic carbocycles. The number of hydrogen-bond donors (Lipinski definition) is 0. The number of carbonyl (C=O) groups is 1. The van der Waals surface area contributed by atoms with Crippen LogP contribution in [0.25, 0.3) is 0 Å². The number of carbonyl (C=O) groups excluding carboxylic acids is 1. The second-order valence-corrected chi connectivity index (χ2v) is 5.84. The fourth-order valence-electron chi connectivity index (χ4n) is 2.43. The van der Waals surface area contributed by atoms with E-state index in [1.165, 1.54) is 0 Å². The van der Waals surface area contributed by atoms with E-state index in [9.17, 15) is 4.79 Å². The molecule has 1 heterocycles. The van der Waals surface area contributed by atoms with Crippen LogP contribution < -0.4 is 4.74 Å². The third-order valence-corrected chi connectivity index (χ3v) is 4.12. The van der Waals surface area contributed by atoms with E-state index in [0.29, 0.717) is 6.61 Å². The molecule has 0 aliphatic carbocycles. The molecule has 3 heteroatoms. The Hall–Kier alpha value is -1.36. The minimum Gasteiger partial charge on any atom is -0.493 e. The van der Waals surface area contributed by atoms with Gasteiger partial charge in [-0.1, -0.05) is 30.3 Å². The molecule has 0 N–H and O–H groups in total. The second-order valence-electron chi connectivity index (χ2n) is 4.60. The zero-order chi connectivity index (χ0) is 13.2. The topological polar surface area (TPSA) is 26.3 Å². The quantitative estimate of drug-likeness (QED) is 0.594. The van der Waals surface area contributed by atoms with Crippen LogP contribution in [0, 0.1) is 3.57 Å². The minimum atomic E-state index is -0.0787. The number of benzene rings is 2. The summed E-state index contributed by atoms with van der Waals surface area (Å²) in [7, 11) is 0. The van der Waals surface area contributed by atoms with E-state index >= 15 is 0 Å². The SMILES string of the molecule is O=C(c1ccc(I)cc1)C1CCOc2ccccc21. The van der Waals surface area contributed by atoms with Crippen molar-refractivity contribution in [1.29, 1.82) is 0 Å². The highest BCUT2D eigenvalue weighted by Crippen LogP contribution is 2.35. The molecule has 0 radical (unpaired) electrons. The van der Waals surface area contributed by atoms with E-state index in [1.54, 1.807) is 0 Å². The van der Waals surface area contributed by atoms with Gasteiger partial charge in [-0.2, -0.15) is 0 Å². The molecule has 2 nitrogen and oxygen atoms in total. The van der Waals surface area contributed by atoms with Gasteiger partial charge < -0.3 is 4.74 Å². The Kier molecular flexibility index (Phi) is 3.55. The third kappa shape index (κ3) is 2.52. The Morgan fingerprint density at radius 1 is 1.11 bits per heavy atom. The van der Waals surface area contributed by atoms with Crippen LogP contribution in [0.1, 0.15) is 28.3 Å². The van der Waals surface area contributed by atoms with Crippen LogP contribution in [-0.4, -0.2) is 12.4 Å². The van der Waals surface area contributed by atoms with Gasteiger partial charge in [0.1, 0.15) is 5.75 Å². The molecule has 0 amide bonds. The van der Waals surface area contributed by atoms with Crippen molar-refractivity contribution in [3.63, 3.8) is 0 Å². The Morgan fingerprint density at radius 2 is 1.84 bits per heavy atom. The molecular formula is C16H13IO2. The first kappa shape index (κ1) is 12.7. The van der Waals surface area contributed by atoms with Crippen LogP contribution in [0.4, 0.5) is 0 Å². The number of fused-ring (bicyclic) bond motifs is 1. The van der Waals surface area contributed by atoms with Gasteiger partial charge in [-0.15, -0.1) is 0 Å². The summed E-state index contributed by atoms with van der Waals surface area (Å²) in [5.74, 6) is 0.953. The Balaban J connectivity index is 1.95. The van der Waals surface area contributed by atoms with Crippen molar-refractivity contribution in [3.05, 3.63) is 63.2 Å². The molecule has 1 aliphatic rings. The van der Waals surface area contributed by atoms with Gasteiger partial charge in [-0.3, -0.25) is 4.79 Å². The van der Waals surface area contributed by atoms with Crippen molar-refractivity contribution < 1.29 is 9.53 Å². The van der Waals surface area contributed by atoms with Gasteiger partial charge in [-0.05, 0) is 47.2 Å². The summed E-state index contributed by atoms with van der Waals surface area (Å²) in [6.07, 6.45) is 0.752. The van der Waals surface area contributed by atoms with Crippen molar-refractivity contribution >= 4 is 28.4 Å². The summed E-state index contributed by atoms with van der Waals surface area (Å²) in [5, 5.41) is 0. The van der Waals surface area contributed by atoms with E-state index < -0.39 is 0 Å². The van der Waals surface area contributed by atoms with E-state index in [-0.39, 0.29) is 11.7 Å². The predicted octanol–water partition coefficient (Wildman–Crippen LogP) is 4.04. The first-order chi connectivity index (χ1) is 9.25. The molecule has 0 bridgehead atoms. The standard InChI is InChI=1S/C16H13IO2/c17-12-7-5-11(6-8-12)16(18)14-9-10-19-15-4-2-1-3-13(14)15/h1-8,14H,9-10H2. The van der Waals surface area contributed by atoms with Crippen molar-refractivity contribution in [2.45, 2.75) is 12.3 Å². The van der Waals surface area contributed by atoms with Gasteiger partial charge in [0, 0.05) is 14.7 Å². The molecule has 0 saturated carbocycles. The summed E-state index contributed by atoms with van der Waals surface area (Å²) in [6, 6.07) is 15.6. The highest BCUT2D eigenvalue weighted by atomic mass is 127. The highest BCUT2D eigenvalue weighted by Gasteiger charge is 2.27. The Labute approximate surface area is 125 Å². The minimum absolute atomic E-state index is 0.0787. The lowest BCUT2D eigenvalue weighted by molar-refractivity contribution is 0.0933. The fourth-order valence-corrected chi connectivity index (χ4v) is 2.79. The Bertz CT molecular complexity index is 604. The van der Waals surface area contributed by atoms with Gasteiger partial charge >= 0.3 is 0 Å². The molecule has 1 atom stereocenters. The zero-order valence-electron chi connectivity index (χ0n) is 10.3. The molecule has 19 heavy (non-hydrogen) atoms. The summed E-state index contributed by atoms with van der Waals surface area (Å²) < 4.78 is 6.75. The molecule has 0 fully saturated rings. The lowest BCUT2D eigenvalue weighted by Gasteiger charge is -2.24. The maximum absolute atomic E-state index is 12.6. The fraction of sp³-hybridized carbons (Fsp3) is 0.188. The smallest absolute Gasteiger partial charge is 0.170 e. The predicted molar refractivity (Wildman–Crippen MR) is 82.8 cm³/mol. The normalized spacial score (nSPS) is 17.4. The second kappa shape index (κ2) is 5.33. The van der Waals surface area contributed by atoms with Gasteiger partial charge in [-0.25, -0.2) is 0 Å². The maximum Gasteiger partial charge on any atom is 0.170 e. The van der Waals surface area contributed by atoms with E-state index in [4.69, 9.17) is 4.74 Å². The monoisotopic (exact) mass is 364 g/mol. The van der Waals surface area contributed by atoms with Crippen LogP contribution in [0.5, 0.6) is 5.75 Å². The van der Waals surface area contributed by atoms with Gasteiger partial charge in [0.2, 0.25) is 0 Å². The number of halogens is 1. The molecule has 0 aromatic heterocycles. The van der Waals surface area contributed by atoms with Gasteiger partial charge in [0.25, 0.3) is 0 Å². The Morgan fingerprint density at radius 3 is 2.63 bits per heavy atom. The number of para-hydroxylation sites is 1. The molecule has 96 valence electrons. The molecule has 2 aromatic rings. The lowest BCUT2D eigenvalue weighted by Crippen LogP contribution is -2.21. The first-order valence-electron chi connectivity index (χ1n) is 6.27. The van der Waals surface area contributed by atoms with Crippen molar-refractivity contribution in [2.75, 3.05) is 6.61 Å². The summed E-state index contributed by atoms with van der Waals surface area (Å²) in [5.41, 5.74) is 1.79. The number of ketones is 1. The van der Waals surface area contributed by atoms with Crippen molar-refractivity contribution in [2.24, 2.45) is 0 Å². The zero-order valence-corrected chi connectivity index (χ0v) is 12.5. The number of Topliss-reactive ketones (excluding diaryl/α,β-unsaturated/α-hetero) is 1. The van der Waals surface area contributed by atoms with Crippen molar-refractivity contribution in [3.8, 4) is 5.75 Å². The number of rotatable bonds is 2. The molecule has 1 aliphatic heterocycles. The largest absolute Gasteiger partial charge is 0.493 e. The number of ether oxygens (including phenoxy) is 1. The summed E-state index contributed by atoms with van der Waals surface area (Å²) in [4.78, 5) is 12.6. The van der Waals surface area contributed by atoms with Crippen LogP contribution in [0.2, 0.25) is 0 Å². The van der Waals surface area contributed by atoms with E-state index in [1.807, 2.05) is 48.5 Å². The molecule has 1 unspecified atom stereocenters. The van der Waals surface area contributed by atoms with Crippen LogP contribution in [-0.2, 0) is 0 Å². The third-order valence-electron chi connectivity index (χ3n) is 3.40. The maximum atomic E-state index is 12.6. The average Bonchev–Trinajstić information content (AvgIpc) is 2.47. The molecular weight excluding hydrogens is 351 g/mol. The first-order valence-corrected chi connectivity index (χ1v) is 7.35. The number of hydrogen-bond acceptors (Lipinski definition) is 2.